The van der Waals surface area contributed by atoms with Crippen molar-refractivity contribution in [1.82, 2.24) is 9.78 Å². The predicted octanol–water partition coefficient (Wildman–Crippen LogP) is 1.63. The Balaban J connectivity index is 2.78. The van der Waals surface area contributed by atoms with Crippen LogP contribution in [0.3, 0.4) is 0 Å². The second kappa shape index (κ2) is 2.85. The van der Waals surface area contributed by atoms with E-state index in [4.69, 9.17) is 0 Å². The SMILES string of the molecule is C[C@H](O)c1c2ccccc2nn1C. The van der Waals surface area contributed by atoms with Crippen LogP contribution in [0.2, 0.25) is 0 Å². The Morgan fingerprint density at radius 1 is 1.38 bits per heavy atom. The van der Waals surface area contributed by atoms with Crippen LogP contribution in [-0.2, 0) is 7.05 Å². The number of aliphatic hydroxyl groups excluding tert-OH is 1. The highest BCUT2D eigenvalue weighted by Crippen LogP contribution is 2.22. The Hall–Kier alpha value is -1.35. The van der Waals surface area contributed by atoms with Crippen LogP contribution in [0.15, 0.2) is 24.3 Å². The van der Waals surface area contributed by atoms with Gasteiger partial charge in [-0.25, -0.2) is 0 Å². The van der Waals surface area contributed by atoms with Gasteiger partial charge in [0.15, 0.2) is 0 Å². The first-order chi connectivity index (χ1) is 6.20. The predicted molar refractivity (Wildman–Crippen MR) is 51.3 cm³/mol. The first-order valence-electron chi connectivity index (χ1n) is 4.30. The van der Waals surface area contributed by atoms with Gasteiger partial charge < -0.3 is 5.11 Å². The number of benzene rings is 1. The summed E-state index contributed by atoms with van der Waals surface area (Å²) in [6.07, 6.45) is -0.475. The zero-order valence-electron chi connectivity index (χ0n) is 7.73. The summed E-state index contributed by atoms with van der Waals surface area (Å²) in [5.74, 6) is 0. The van der Waals surface area contributed by atoms with Gasteiger partial charge in [0.1, 0.15) is 0 Å². The highest BCUT2D eigenvalue weighted by atomic mass is 16.3. The number of rotatable bonds is 1. The molecule has 0 unspecified atom stereocenters. The number of hydrogen-bond acceptors (Lipinski definition) is 2. The van der Waals surface area contributed by atoms with Crippen LogP contribution in [0.1, 0.15) is 18.7 Å². The van der Waals surface area contributed by atoms with E-state index >= 15 is 0 Å². The lowest BCUT2D eigenvalue weighted by atomic mass is 10.1. The molecular formula is C10H12N2O. The van der Waals surface area contributed by atoms with Crippen LogP contribution in [-0.4, -0.2) is 14.9 Å². The first kappa shape index (κ1) is 8.26. The van der Waals surface area contributed by atoms with E-state index < -0.39 is 6.10 Å². The number of aromatic nitrogens is 2. The molecule has 1 aromatic heterocycles. The topological polar surface area (TPSA) is 38.1 Å². The summed E-state index contributed by atoms with van der Waals surface area (Å²) in [5.41, 5.74) is 1.80. The van der Waals surface area contributed by atoms with E-state index in [0.29, 0.717) is 0 Å². The molecular weight excluding hydrogens is 164 g/mol. The second-order valence-electron chi connectivity index (χ2n) is 3.20. The van der Waals surface area contributed by atoms with Gasteiger partial charge in [-0.05, 0) is 13.0 Å². The number of fused-ring (bicyclic) bond motifs is 1. The molecule has 0 amide bonds. The van der Waals surface area contributed by atoms with E-state index in [2.05, 4.69) is 5.10 Å². The van der Waals surface area contributed by atoms with Crippen molar-refractivity contribution in [3.05, 3.63) is 30.0 Å². The number of nitrogens with zero attached hydrogens (tertiary/aromatic N) is 2. The summed E-state index contributed by atoms with van der Waals surface area (Å²) in [4.78, 5) is 0. The summed E-state index contributed by atoms with van der Waals surface area (Å²) in [7, 11) is 1.85. The third-order valence-corrected chi connectivity index (χ3v) is 2.18. The zero-order chi connectivity index (χ0) is 9.42. The van der Waals surface area contributed by atoms with Crippen LogP contribution in [0.5, 0.6) is 0 Å². The maximum Gasteiger partial charge on any atom is 0.0934 e. The summed E-state index contributed by atoms with van der Waals surface area (Å²) in [5, 5.41) is 14.8. The molecule has 2 rings (SSSR count). The smallest absolute Gasteiger partial charge is 0.0934 e. The van der Waals surface area contributed by atoms with Gasteiger partial charge in [-0.3, -0.25) is 4.68 Å². The Bertz CT molecular complexity index is 431. The minimum absolute atomic E-state index is 0.475. The molecule has 13 heavy (non-hydrogen) atoms. The molecule has 3 nitrogen and oxygen atoms in total. The standard InChI is InChI=1S/C10H12N2O/c1-7(13)10-8-5-3-4-6-9(8)11-12(10)2/h3-7,13H,1-2H3/t7-/m0/s1. The Morgan fingerprint density at radius 2 is 2.08 bits per heavy atom. The number of hydrogen-bond donors (Lipinski definition) is 1. The van der Waals surface area contributed by atoms with E-state index in [0.717, 1.165) is 16.6 Å². The first-order valence-corrected chi connectivity index (χ1v) is 4.30. The molecule has 0 saturated carbocycles. The molecule has 2 aromatic rings. The molecule has 1 aromatic carbocycles. The third kappa shape index (κ3) is 1.21. The van der Waals surface area contributed by atoms with E-state index in [9.17, 15) is 5.11 Å². The maximum atomic E-state index is 9.53. The largest absolute Gasteiger partial charge is 0.387 e. The monoisotopic (exact) mass is 176 g/mol. The molecule has 0 bridgehead atoms. The summed E-state index contributed by atoms with van der Waals surface area (Å²) >= 11 is 0. The van der Waals surface area contributed by atoms with Crippen molar-refractivity contribution in [2.24, 2.45) is 7.05 Å². The Kier molecular flexibility index (Phi) is 1.81. The van der Waals surface area contributed by atoms with Gasteiger partial charge in [-0.15, -0.1) is 0 Å². The number of aliphatic hydroxyl groups is 1. The number of aryl methyl sites for hydroxylation is 1. The maximum absolute atomic E-state index is 9.53. The highest BCUT2D eigenvalue weighted by Gasteiger charge is 2.11. The summed E-state index contributed by atoms with van der Waals surface area (Å²) in [6, 6.07) is 7.82. The molecule has 0 aliphatic heterocycles. The summed E-state index contributed by atoms with van der Waals surface area (Å²) < 4.78 is 1.73. The van der Waals surface area contributed by atoms with Gasteiger partial charge in [0.2, 0.25) is 0 Å². The molecule has 0 spiro atoms. The van der Waals surface area contributed by atoms with Crippen molar-refractivity contribution >= 4 is 10.9 Å². The van der Waals surface area contributed by atoms with Gasteiger partial charge in [0.25, 0.3) is 0 Å². The van der Waals surface area contributed by atoms with Crippen LogP contribution >= 0.6 is 0 Å². The Morgan fingerprint density at radius 3 is 2.77 bits per heavy atom. The third-order valence-electron chi connectivity index (χ3n) is 2.18. The average Bonchev–Trinajstić information content (AvgIpc) is 2.39. The van der Waals surface area contributed by atoms with Gasteiger partial charge >= 0.3 is 0 Å². The lowest BCUT2D eigenvalue weighted by Crippen LogP contribution is -2.01. The van der Waals surface area contributed by atoms with Crippen molar-refractivity contribution in [3.63, 3.8) is 0 Å². The van der Waals surface area contributed by atoms with E-state index in [-0.39, 0.29) is 0 Å². The zero-order valence-corrected chi connectivity index (χ0v) is 7.73. The van der Waals surface area contributed by atoms with Crippen molar-refractivity contribution in [3.8, 4) is 0 Å². The molecule has 0 fully saturated rings. The van der Waals surface area contributed by atoms with E-state index in [1.807, 2.05) is 31.3 Å². The Labute approximate surface area is 76.6 Å². The normalized spacial score (nSPS) is 13.5. The van der Waals surface area contributed by atoms with Gasteiger partial charge in [0.05, 0.1) is 17.3 Å². The lowest BCUT2D eigenvalue weighted by Gasteiger charge is -2.04. The fourth-order valence-corrected chi connectivity index (χ4v) is 1.66. The van der Waals surface area contributed by atoms with Gasteiger partial charge in [-0.2, -0.15) is 5.10 Å². The average molecular weight is 176 g/mol. The van der Waals surface area contributed by atoms with Gasteiger partial charge in [0, 0.05) is 12.4 Å². The van der Waals surface area contributed by atoms with Crippen molar-refractivity contribution in [2.45, 2.75) is 13.0 Å². The minimum Gasteiger partial charge on any atom is -0.387 e. The van der Waals surface area contributed by atoms with Crippen molar-refractivity contribution < 1.29 is 5.11 Å². The molecule has 0 saturated heterocycles. The summed E-state index contributed by atoms with van der Waals surface area (Å²) in [6.45, 7) is 1.75. The highest BCUT2D eigenvalue weighted by molar-refractivity contribution is 5.81. The van der Waals surface area contributed by atoms with Crippen LogP contribution in [0, 0.1) is 0 Å². The minimum atomic E-state index is -0.475. The fourth-order valence-electron chi connectivity index (χ4n) is 1.66. The van der Waals surface area contributed by atoms with E-state index in [1.54, 1.807) is 11.6 Å². The van der Waals surface area contributed by atoms with Crippen molar-refractivity contribution in [2.75, 3.05) is 0 Å². The fraction of sp³-hybridized carbons (Fsp3) is 0.300. The molecule has 0 radical (unpaired) electrons. The molecule has 1 atom stereocenters. The molecule has 3 heteroatoms. The van der Waals surface area contributed by atoms with Crippen LogP contribution < -0.4 is 0 Å². The molecule has 1 N–H and O–H groups in total. The molecule has 68 valence electrons. The second-order valence-corrected chi connectivity index (χ2v) is 3.20. The lowest BCUT2D eigenvalue weighted by molar-refractivity contribution is 0.190. The van der Waals surface area contributed by atoms with Gasteiger partial charge in [-0.1, -0.05) is 18.2 Å². The van der Waals surface area contributed by atoms with Crippen LogP contribution in [0.4, 0.5) is 0 Å². The van der Waals surface area contributed by atoms with Crippen LogP contribution in [0.25, 0.3) is 10.9 Å². The molecule has 0 aliphatic carbocycles. The van der Waals surface area contributed by atoms with Crippen molar-refractivity contribution in [1.29, 1.82) is 0 Å². The quantitative estimate of drug-likeness (QED) is 0.717. The molecule has 1 heterocycles. The van der Waals surface area contributed by atoms with E-state index in [1.165, 1.54) is 0 Å². The molecule has 0 aliphatic rings.